The summed E-state index contributed by atoms with van der Waals surface area (Å²) in [7, 11) is 0. The topological polar surface area (TPSA) is 50.3 Å². The van der Waals surface area contributed by atoms with Gasteiger partial charge in [-0.2, -0.15) is 0 Å². The molecule has 0 saturated carbocycles. The smallest absolute Gasteiger partial charge is 0.206 e. The molecule has 2 aliphatic heterocycles. The number of anilines is 1. The van der Waals surface area contributed by atoms with Crippen molar-refractivity contribution in [2.24, 2.45) is 0 Å². The van der Waals surface area contributed by atoms with Gasteiger partial charge in [-0.25, -0.2) is 0 Å². The highest BCUT2D eigenvalue weighted by molar-refractivity contribution is 8.01. The molecule has 0 bridgehead atoms. The zero-order chi connectivity index (χ0) is 14.3. The van der Waals surface area contributed by atoms with Crippen LogP contribution in [0.1, 0.15) is 32.1 Å². The average molecular weight is 329 g/mol. The summed E-state index contributed by atoms with van der Waals surface area (Å²) in [5, 5.41) is 12.7. The van der Waals surface area contributed by atoms with Crippen molar-refractivity contribution in [1.82, 2.24) is 15.1 Å². The molecule has 5 nitrogen and oxygen atoms in total. The van der Waals surface area contributed by atoms with E-state index in [4.69, 9.17) is 4.74 Å². The van der Waals surface area contributed by atoms with Crippen LogP contribution in [0.3, 0.4) is 0 Å². The summed E-state index contributed by atoms with van der Waals surface area (Å²) in [5.41, 5.74) is 0. The zero-order valence-electron chi connectivity index (χ0n) is 12.4. The highest BCUT2D eigenvalue weighted by Gasteiger charge is 2.16. The fraction of sp³-hybridized carbons (Fsp3) is 0.857. The molecule has 7 heteroatoms. The van der Waals surface area contributed by atoms with Crippen molar-refractivity contribution in [2.75, 3.05) is 43.9 Å². The van der Waals surface area contributed by atoms with Crippen molar-refractivity contribution in [3.05, 3.63) is 0 Å². The monoisotopic (exact) mass is 328 g/mol. The minimum absolute atomic E-state index is 0.351. The van der Waals surface area contributed by atoms with Crippen LogP contribution in [0.15, 0.2) is 4.34 Å². The molecule has 1 aromatic heterocycles. The summed E-state index contributed by atoms with van der Waals surface area (Å²) in [4.78, 5) is 2.56. The highest BCUT2D eigenvalue weighted by Crippen LogP contribution is 2.26. The Balaban J connectivity index is 1.34. The average Bonchev–Trinajstić information content (AvgIpc) is 3.18. The van der Waals surface area contributed by atoms with E-state index in [2.05, 4.69) is 20.4 Å². The largest absolute Gasteiger partial charge is 0.376 e. The number of aromatic nitrogens is 2. The number of nitrogens with one attached hydrogen (secondary N) is 1. The Morgan fingerprint density at radius 2 is 2.14 bits per heavy atom. The molecule has 0 spiro atoms. The fourth-order valence-corrected chi connectivity index (χ4v) is 4.62. The molecule has 1 atom stereocenters. The van der Waals surface area contributed by atoms with E-state index in [1.807, 2.05) is 11.8 Å². The lowest BCUT2D eigenvalue weighted by Gasteiger charge is -2.25. The number of nitrogens with zero attached hydrogens (tertiary/aromatic N) is 3. The lowest BCUT2D eigenvalue weighted by molar-refractivity contribution is 0.120. The van der Waals surface area contributed by atoms with Crippen LogP contribution in [0.4, 0.5) is 5.13 Å². The minimum atomic E-state index is 0.351. The fourth-order valence-electron chi connectivity index (χ4n) is 2.79. The van der Waals surface area contributed by atoms with E-state index in [0.717, 1.165) is 34.8 Å². The summed E-state index contributed by atoms with van der Waals surface area (Å²) in [5.74, 6) is 1.11. The molecule has 3 rings (SSSR count). The third kappa shape index (κ3) is 5.09. The van der Waals surface area contributed by atoms with E-state index in [1.54, 1.807) is 11.3 Å². The molecular weight excluding hydrogens is 304 g/mol. The van der Waals surface area contributed by atoms with Crippen molar-refractivity contribution in [3.63, 3.8) is 0 Å². The van der Waals surface area contributed by atoms with E-state index in [-0.39, 0.29) is 0 Å². The van der Waals surface area contributed by atoms with Crippen molar-refractivity contribution in [1.29, 1.82) is 0 Å². The van der Waals surface area contributed by atoms with Crippen LogP contribution in [-0.2, 0) is 4.74 Å². The van der Waals surface area contributed by atoms with E-state index < -0.39 is 0 Å². The van der Waals surface area contributed by atoms with Gasteiger partial charge >= 0.3 is 0 Å². The van der Waals surface area contributed by atoms with E-state index in [0.29, 0.717) is 6.10 Å². The lowest BCUT2D eigenvalue weighted by atomic mass is 10.1. The molecule has 0 radical (unpaired) electrons. The van der Waals surface area contributed by atoms with Gasteiger partial charge in [0.15, 0.2) is 4.34 Å². The van der Waals surface area contributed by atoms with Crippen molar-refractivity contribution < 1.29 is 4.74 Å². The van der Waals surface area contributed by atoms with Gasteiger partial charge < -0.3 is 15.0 Å². The van der Waals surface area contributed by atoms with Gasteiger partial charge in [0.05, 0.1) is 6.10 Å². The molecule has 3 heterocycles. The number of thioether (sulfide) groups is 1. The number of likely N-dealkylation sites (tertiary alicyclic amines) is 1. The van der Waals surface area contributed by atoms with Crippen LogP contribution in [0.5, 0.6) is 0 Å². The van der Waals surface area contributed by atoms with Crippen molar-refractivity contribution >= 4 is 28.2 Å². The van der Waals surface area contributed by atoms with Gasteiger partial charge in [-0.05, 0) is 38.8 Å². The first-order valence-electron chi connectivity index (χ1n) is 7.94. The number of hydrogen-bond donors (Lipinski definition) is 1. The van der Waals surface area contributed by atoms with E-state index in [1.165, 1.54) is 45.3 Å². The molecule has 1 aromatic rings. The molecule has 21 heavy (non-hydrogen) atoms. The summed E-state index contributed by atoms with van der Waals surface area (Å²) in [6, 6.07) is 0. The molecule has 2 saturated heterocycles. The van der Waals surface area contributed by atoms with E-state index in [9.17, 15) is 0 Å². The Kier molecular flexibility index (Phi) is 6.14. The molecule has 118 valence electrons. The zero-order valence-corrected chi connectivity index (χ0v) is 14.1. The van der Waals surface area contributed by atoms with Gasteiger partial charge in [0, 0.05) is 25.4 Å². The second-order valence-electron chi connectivity index (χ2n) is 5.64. The summed E-state index contributed by atoms with van der Waals surface area (Å²) in [6.45, 7) is 5.46. The molecule has 1 N–H and O–H groups in total. The third-order valence-electron chi connectivity index (χ3n) is 3.99. The Morgan fingerprint density at radius 1 is 1.24 bits per heavy atom. The van der Waals surface area contributed by atoms with Gasteiger partial charge in [-0.3, -0.25) is 0 Å². The van der Waals surface area contributed by atoms with Crippen molar-refractivity contribution in [2.45, 2.75) is 42.5 Å². The first-order chi connectivity index (χ1) is 10.4. The van der Waals surface area contributed by atoms with Gasteiger partial charge in [-0.1, -0.05) is 29.5 Å². The standard InChI is InChI=1S/C14H24N4OS2/c1-2-6-18(7-3-1)8-10-20-14-17-16-13(21-14)15-11-12-5-4-9-19-12/h12H,1-11H2,(H,15,16). The Bertz CT molecular complexity index is 417. The van der Waals surface area contributed by atoms with E-state index >= 15 is 0 Å². The highest BCUT2D eigenvalue weighted by atomic mass is 32.2. The second kappa shape index (κ2) is 8.31. The summed E-state index contributed by atoms with van der Waals surface area (Å²) < 4.78 is 6.67. The maximum atomic E-state index is 5.60. The Hall–Kier alpha value is -0.370. The molecule has 0 amide bonds. The Labute approximate surface area is 134 Å². The maximum absolute atomic E-state index is 5.60. The number of piperidine rings is 1. The predicted molar refractivity (Wildman–Crippen MR) is 88.4 cm³/mol. The predicted octanol–water partition coefficient (Wildman–Crippen LogP) is 2.71. The van der Waals surface area contributed by atoms with Crippen LogP contribution < -0.4 is 5.32 Å². The maximum Gasteiger partial charge on any atom is 0.206 e. The first kappa shape index (κ1) is 15.5. The first-order valence-corrected chi connectivity index (χ1v) is 9.74. The number of ether oxygens (including phenoxy) is 1. The number of rotatable bonds is 7. The SMILES string of the molecule is C1CCN(CCSc2nnc(NCC3CCCO3)s2)CC1. The normalized spacial score (nSPS) is 23.5. The van der Waals surface area contributed by atoms with Gasteiger partial charge in [0.1, 0.15) is 0 Å². The van der Waals surface area contributed by atoms with Crippen LogP contribution >= 0.6 is 23.1 Å². The molecule has 0 aliphatic carbocycles. The Morgan fingerprint density at radius 3 is 2.95 bits per heavy atom. The third-order valence-corrected chi connectivity index (χ3v) is 5.99. The van der Waals surface area contributed by atoms with Gasteiger partial charge in [0.25, 0.3) is 0 Å². The second-order valence-corrected chi connectivity index (χ2v) is 7.96. The van der Waals surface area contributed by atoms with Crippen LogP contribution in [0, 0.1) is 0 Å². The molecular formula is C14H24N4OS2. The minimum Gasteiger partial charge on any atom is -0.376 e. The van der Waals surface area contributed by atoms with Crippen LogP contribution in [0.25, 0.3) is 0 Å². The molecule has 1 unspecified atom stereocenters. The molecule has 0 aromatic carbocycles. The van der Waals surface area contributed by atoms with Gasteiger partial charge in [-0.15, -0.1) is 10.2 Å². The molecule has 2 aliphatic rings. The van der Waals surface area contributed by atoms with Crippen molar-refractivity contribution in [3.8, 4) is 0 Å². The summed E-state index contributed by atoms with van der Waals surface area (Å²) >= 11 is 3.48. The number of hydrogen-bond acceptors (Lipinski definition) is 7. The quantitative estimate of drug-likeness (QED) is 0.777. The lowest BCUT2D eigenvalue weighted by Crippen LogP contribution is -2.31. The molecule has 2 fully saturated rings. The van der Waals surface area contributed by atoms with Gasteiger partial charge in [0.2, 0.25) is 5.13 Å². The van der Waals surface area contributed by atoms with Crippen LogP contribution in [-0.4, -0.2) is 59.7 Å². The van der Waals surface area contributed by atoms with Crippen LogP contribution in [0.2, 0.25) is 0 Å². The summed E-state index contributed by atoms with van der Waals surface area (Å²) in [6.07, 6.45) is 6.81.